The Hall–Kier alpha value is -0.460. The Morgan fingerprint density at radius 2 is 2.29 bits per heavy atom. The van der Waals surface area contributed by atoms with Gasteiger partial charge in [-0.1, -0.05) is 6.42 Å². The number of hydrogen-bond donors (Lipinski definition) is 2. The number of nitrogens with two attached hydrogens (primary N) is 1. The summed E-state index contributed by atoms with van der Waals surface area (Å²) >= 11 is -2.05. The van der Waals surface area contributed by atoms with Crippen LogP contribution >= 0.6 is 0 Å². The van der Waals surface area contributed by atoms with Crippen LogP contribution in [0, 0.1) is 0 Å². The predicted molar refractivity (Wildman–Crippen MR) is 54.0 cm³/mol. The monoisotopic (exact) mass is 220 g/mol. The van der Waals surface area contributed by atoms with Crippen molar-refractivity contribution >= 4 is 17.0 Å². The van der Waals surface area contributed by atoms with E-state index in [1.807, 2.05) is 0 Å². The lowest BCUT2D eigenvalue weighted by Gasteiger charge is -2.21. The number of nitrogens with zero attached hydrogens (tertiary/aromatic N) is 1. The summed E-state index contributed by atoms with van der Waals surface area (Å²) in [5.74, 6) is -0.588. The van der Waals surface area contributed by atoms with Crippen LogP contribution in [-0.4, -0.2) is 44.5 Å². The van der Waals surface area contributed by atoms with Gasteiger partial charge in [0, 0.05) is 19.1 Å². The predicted octanol–water partition coefficient (Wildman–Crippen LogP) is -0.452. The Labute approximate surface area is 85.9 Å². The second-order valence-electron chi connectivity index (χ2n) is 3.56. The zero-order chi connectivity index (χ0) is 10.6. The molecule has 0 radical (unpaired) electrons. The normalized spacial score (nSPS) is 25.6. The fourth-order valence-electron chi connectivity index (χ4n) is 1.60. The minimum absolute atomic E-state index is 0.00794. The SMILES string of the molecule is NC1CCCCN(C(=O)CS(=O)O)C1. The van der Waals surface area contributed by atoms with E-state index in [9.17, 15) is 9.00 Å². The van der Waals surface area contributed by atoms with Crippen LogP contribution in [0.3, 0.4) is 0 Å². The van der Waals surface area contributed by atoms with Gasteiger partial charge in [-0.25, -0.2) is 4.21 Å². The molecule has 1 saturated heterocycles. The van der Waals surface area contributed by atoms with Crippen molar-refractivity contribution in [1.82, 2.24) is 4.90 Å². The van der Waals surface area contributed by atoms with Gasteiger partial charge in [0.05, 0.1) is 0 Å². The van der Waals surface area contributed by atoms with Crippen LogP contribution in [0.4, 0.5) is 0 Å². The number of carbonyl (C=O) groups is 1. The minimum atomic E-state index is -2.05. The van der Waals surface area contributed by atoms with Gasteiger partial charge in [0.15, 0.2) is 11.1 Å². The molecule has 0 aromatic carbocycles. The van der Waals surface area contributed by atoms with Crippen LogP contribution in [0.15, 0.2) is 0 Å². The third kappa shape index (κ3) is 3.73. The molecule has 14 heavy (non-hydrogen) atoms. The fourth-order valence-corrected chi connectivity index (χ4v) is 1.99. The van der Waals surface area contributed by atoms with E-state index in [0.29, 0.717) is 13.1 Å². The summed E-state index contributed by atoms with van der Waals surface area (Å²) in [5.41, 5.74) is 5.76. The summed E-state index contributed by atoms with van der Waals surface area (Å²) in [6, 6.07) is 0.00794. The standard InChI is InChI=1S/C8H16N2O3S/c9-7-3-1-2-4-10(5-7)8(11)6-14(12)13/h7H,1-6,9H2,(H,12,13). The number of likely N-dealkylation sites (tertiary alicyclic amines) is 1. The molecule has 2 atom stereocenters. The van der Waals surface area contributed by atoms with E-state index in [-0.39, 0.29) is 17.7 Å². The lowest BCUT2D eigenvalue weighted by atomic mass is 10.2. The third-order valence-corrected chi connectivity index (χ3v) is 2.80. The molecular weight excluding hydrogens is 204 g/mol. The Morgan fingerprint density at radius 3 is 2.93 bits per heavy atom. The molecule has 0 aliphatic carbocycles. The molecule has 1 aliphatic rings. The number of amides is 1. The first kappa shape index (κ1) is 11.6. The van der Waals surface area contributed by atoms with Crippen molar-refractivity contribution in [3.8, 4) is 0 Å². The van der Waals surface area contributed by atoms with Crippen molar-refractivity contribution < 1.29 is 13.6 Å². The van der Waals surface area contributed by atoms with Crippen molar-refractivity contribution in [2.75, 3.05) is 18.8 Å². The number of hydrogen-bond acceptors (Lipinski definition) is 3. The minimum Gasteiger partial charge on any atom is -0.340 e. The van der Waals surface area contributed by atoms with Gasteiger partial charge in [-0.2, -0.15) is 0 Å². The van der Waals surface area contributed by atoms with Gasteiger partial charge < -0.3 is 15.2 Å². The average molecular weight is 220 g/mol. The molecule has 2 unspecified atom stereocenters. The van der Waals surface area contributed by atoms with Crippen molar-refractivity contribution in [3.05, 3.63) is 0 Å². The second kappa shape index (κ2) is 5.43. The van der Waals surface area contributed by atoms with Crippen LogP contribution in [-0.2, 0) is 15.9 Å². The molecule has 6 heteroatoms. The van der Waals surface area contributed by atoms with Gasteiger partial charge in [-0.05, 0) is 12.8 Å². The van der Waals surface area contributed by atoms with Crippen LogP contribution in [0.25, 0.3) is 0 Å². The van der Waals surface area contributed by atoms with Gasteiger partial charge in [0.2, 0.25) is 5.91 Å². The lowest BCUT2D eigenvalue weighted by Crippen LogP contribution is -2.41. The summed E-state index contributed by atoms with van der Waals surface area (Å²) in [4.78, 5) is 13.0. The van der Waals surface area contributed by atoms with E-state index in [4.69, 9.17) is 10.3 Å². The summed E-state index contributed by atoms with van der Waals surface area (Å²) in [5, 5.41) is 0. The maximum atomic E-state index is 11.4. The zero-order valence-corrected chi connectivity index (χ0v) is 8.83. The first-order valence-corrected chi connectivity index (χ1v) is 5.98. The topological polar surface area (TPSA) is 83.6 Å². The van der Waals surface area contributed by atoms with Gasteiger partial charge in [0.25, 0.3) is 0 Å². The largest absolute Gasteiger partial charge is 0.340 e. The summed E-state index contributed by atoms with van der Waals surface area (Å²) < 4.78 is 19.0. The summed E-state index contributed by atoms with van der Waals surface area (Å²) in [6.07, 6.45) is 2.87. The third-order valence-electron chi connectivity index (χ3n) is 2.31. The highest BCUT2D eigenvalue weighted by molar-refractivity contribution is 7.80. The Bertz CT molecular complexity index is 235. The Morgan fingerprint density at radius 1 is 1.57 bits per heavy atom. The first-order chi connectivity index (χ1) is 6.59. The maximum absolute atomic E-state index is 11.4. The van der Waals surface area contributed by atoms with Crippen molar-refractivity contribution in [2.45, 2.75) is 25.3 Å². The van der Waals surface area contributed by atoms with Gasteiger partial charge in [-0.15, -0.1) is 0 Å². The van der Waals surface area contributed by atoms with Gasteiger partial charge >= 0.3 is 0 Å². The molecular formula is C8H16N2O3S. The first-order valence-electron chi connectivity index (χ1n) is 4.70. The van der Waals surface area contributed by atoms with E-state index >= 15 is 0 Å². The van der Waals surface area contributed by atoms with E-state index in [0.717, 1.165) is 19.3 Å². The van der Waals surface area contributed by atoms with Gasteiger partial charge in [0.1, 0.15) is 5.75 Å². The van der Waals surface area contributed by atoms with Gasteiger partial charge in [-0.3, -0.25) is 4.79 Å². The van der Waals surface area contributed by atoms with Crippen molar-refractivity contribution in [3.63, 3.8) is 0 Å². The van der Waals surface area contributed by atoms with E-state index < -0.39 is 11.1 Å². The molecule has 1 aliphatic heterocycles. The van der Waals surface area contributed by atoms with E-state index in [1.54, 1.807) is 4.90 Å². The highest BCUT2D eigenvalue weighted by Crippen LogP contribution is 2.09. The van der Waals surface area contributed by atoms with Crippen molar-refractivity contribution in [1.29, 1.82) is 0 Å². The molecule has 1 amide bonds. The van der Waals surface area contributed by atoms with Crippen LogP contribution in [0.1, 0.15) is 19.3 Å². The molecule has 0 aromatic heterocycles. The van der Waals surface area contributed by atoms with Crippen molar-refractivity contribution in [2.24, 2.45) is 5.73 Å². The average Bonchev–Trinajstić information content (AvgIpc) is 2.28. The Balaban J connectivity index is 2.48. The Kier molecular flexibility index (Phi) is 4.50. The number of rotatable bonds is 2. The second-order valence-corrected chi connectivity index (χ2v) is 4.49. The molecule has 1 rings (SSSR count). The zero-order valence-electron chi connectivity index (χ0n) is 8.02. The summed E-state index contributed by atoms with van der Waals surface area (Å²) in [7, 11) is 0. The molecule has 0 spiro atoms. The summed E-state index contributed by atoms with van der Waals surface area (Å²) in [6.45, 7) is 1.17. The molecule has 3 N–H and O–H groups in total. The maximum Gasteiger partial charge on any atom is 0.237 e. The highest BCUT2D eigenvalue weighted by atomic mass is 32.2. The van der Waals surface area contributed by atoms with Crippen LogP contribution in [0.2, 0.25) is 0 Å². The van der Waals surface area contributed by atoms with Crippen LogP contribution < -0.4 is 5.73 Å². The molecule has 82 valence electrons. The van der Waals surface area contributed by atoms with E-state index in [1.165, 1.54) is 0 Å². The number of carbonyl (C=O) groups excluding carboxylic acids is 1. The molecule has 5 nitrogen and oxygen atoms in total. The quantitative estimate of drug-likeness (QED) is 0.617. The molecule has 1 fully saturated rings. The molecule has 1 heterocycles. The molecule has 0 saturated carbocycles. The smallest absolute Gasteiger partial charge is 0.237 e. The highest BCUT2D eigenvalue weighted by Gasteiger charge is 2.20. The molecule has 0 bridgehead atoms. The van der Waals surface area contributed by atoms with Crippen LogP contribution in [0.5, 0.6) is 0 Å². The molecule has 0 aromatic rings. The lowest BCUT2D eigenvalue weighted by molar-refractivity contribution is -0.128. The fraction of sp³-hybridized carbons (Fsp3) is 0.875. The van der Waals surface area contributed by atoms with E-state index in [2.05, 4.69) is 0 Å².